The van der Waals surface area contributed by atoms with Crippen molar-refractivity contribution in [1.29, 1.82) is 0 Å². The summed E-state index contributed by atoms with van der Waals surface area (Å²) in [7, 11) is 4.59. The molecule has 0 fully saturated rings. The number of rotatable bonds is 7. The van der Waals surface area contributed by atoms with Crippen LogP contribution in [0.15, 0.2) is 29.4 Å². The van der Waals surface area contributed by atoms with Gasteiger partial charge in [-0.25, -0.2) is 4.98 Å². The lowest BCUT2D eigenvalue weighted by atomic mass is 9.95. The van der Waals surface area contributed by atoms with Gasteiger partial charge < -0.3 is 19.5 Å². The number of benzene rings is 1. The van der Waals surface area contributed by atoms with Gasteiger partial charge in [0.15, 0.2) is 17.1 Å². The number of nitrogens with zero attached hydrogens (tertiary/aromatic N) is 4. The molecule has 0 bridgehead atoms. The standard InChI is InChI=1S/C27H34N6O5/c1-26(2,3)23(34)30-22-17-10-15(13-28-16-11-18(36-7)20(38-9)19(12-16)37-8)14-29-21(17)31-25(32-22)33-24(35)27(4,5)6/h10-14H,1-9H3,(H2,29,30,31,32,33,34,35). The van der Waals surface area contributed by atoms with Crippen LogP contribution in [0.4, 0.5) is 17.5 Å². The molecule has 0 saturated heterocycles. The predicted molar refractivity (Wildman–Crippen MR) is 147 cm³/mol. The summed E-state index contributed by atoms with van der Waals surface area (Å²) in [4.78, 5) is 43.1. The maximum Gasteiger partial charge on any atom is 0.233 e. The minimum Gasteiger partial charge on any atom is -0.493 e. The number of fused-ring (bicyclic) bond motifs is 1. The lowest BCUT2D eigenvalue weighted by Crippen LogP contribution is -2.30. The van der Waals surface area contributed by atoms with Crippen LogP contribution in [0.25, 0.3) is 11.0 Å². The van der Waals surface area contributed by atoms with Crippen molar-refractivity contribution >= 4 is 46.5 Å². The molecule has 0 radical (unpaired) electrons. The normalized spacial score (nSPS) is 11.9. The first kappa shape index (κ1) is 28.3. The lowest BCUT2D eigenvalue weighted by Gasteiger charge is -2.19. The van der Waals surface area contributed by atoms with E-state index in [0.717, 1.165) is 0 Å². The van der Waals surface area contributed by atoms with Crippen molar-refractivity contribution in [2.45, 2.75) is 41.5 Å². The van der Waals surface area contributed by atoms with Gasteiger partial charge in [0.2, 0.25) is 23.5 Å². The molecule has 2 amide bonds. The molecular weight excluding hydrogens is 488 g/mol. The molecule has 0 aliphatic carbocycles. The second kappa shape index (κ2) is 11.0. The quantitative estimate of drug-likeness (QED) is 0.423. The topological polar surface area (TPSA) is 137 Å². The van der Waals surface area contributed by atoms with Crippen LogP contribution in [-0.2, 0) is 9.59 Å². The van der Waals surface area contributed by atoms with E-state index in [0.29, 0.717) is 39.5 Å². The van der Waals surface area contributed by atoms with Crippen molar-refractivity contribution in [3.8, 4) is 17.2 Å². The summed E-state index contributed by atoms with van der Waals surface area (Å²) in [5, 5.41) is 6.05. The molecule has 3 aromatic rings. The van der Waals surface area contributed by atoms with Crippen LogP contribution in [0, 0.1) is 10.8 Å². The molecule has 2 N–H and O–H groups in total. The predicted octanol–water partition coefficient (Wildman–Crippen LogP) is 4.77. The van der Waals surface area contributed by atoms with E-state index in [4.69, 9.17) is 14.2 Å². The van der Waals surface area contributed by atoms with Gasteiger partial charge in [-0.1, -0.05) is 41.5 Å². The number of anilines is 2. The van der Waals surface area contributed by atoms with Gasteiger partial charge in [-0.15, -0.1) is 0 Å². The third kappa shape index (κ3) is 6.53. The molecule has 2 aromatic heterocycles. The van der Waals surface area contributed by atoms with Crippen molar-refractivity contribution in [3.05, 3.63) is 30.0 Å². The number of methoxy groups -OCH3 is 3. The first-order valence-corrected chi connectivity index (χ1v) is 11.9. The van der Waals surface area contributed by atoms with Gasteiger partial charge in [0.05, 0.1) is 32.4 Å². The Hall–Kier alpha value is -4.28. The van der Waals surface area contributed by atoms with Crippen molar-refractivity contribution in [1.82, 2.24) is 15.0 Å². The summed E-state index contributed by atoms with van der Waals surface area (Å²) in [5.41, 5.74) is 0.168. The fourth-order valence-electron chi connectivity index (χ4n) is 3.13. The molecule has 1 aromatic carbocycles. The molecule has 0 saturated carbocycles. The fraction of sp³-hybridized carbons (Fsp3) is 0.407. The number of pyridine rings is 1. The molecule has 0 atom stereocenters. The minimum absolute atomic E-state index is 0.0491. The van der Waals surface area contributed by atoms with Gasteiger partial charge in [-0.05, 0) is 6.07 Å². The molecule has 38 heavy (non-hydrogen) atoms. The molecule has 2 heterocycles. The van der Waals surface area contributed by atoms with Gasteiger partial charge in [-0.3, -0.25) is 19.9 Å². The van der Waals surface area contributed by atoms with Crippen LogP contribution in [0.5, 0.6) is 17.2 Å². The molecule has 11 heteroatoms. The Morgan fingerprint density at radius 3 is 1.95 bits per heavy atom. The fourth-order valence-corrected chi connectivity index (χ4v) is 3.13. The van der Waals surface area contributed by atoms with Crippen LogP contribution in [-0.4, -0.2) is 54.3 Å². The number of aromatic nitrogens is 3. The Labute approximate surface area is 222 Å². The highest BCUT2D eigenvalue weighted by molar-refractivity contribution is 6.03. The number of aliphatic imine (C=N–C) groups is 1. The maximum absolute atomic E-state index is 12.8. The monoisotopic (exact) mass is 522 g/mol. The molecule has 0 aliphatic rings. The third-order valence-corrected chi connectivity index (χ3v) is 5.40. The maximum atomic E-state index is 12.8. The van der Waals surface area contributed by atoms with Gasteiger partial charge in [0.25, 0.3) is 0 Å². The molecule has 11 nitrogen and oxygen atoms in total. The van der Waals surface area contributed by atoms with Crippen LogP contribution >= 0.6 is 0 Å². The van der Waals surface area contributed by atoms with Gasteiger partial charge in [-0.2, -0.15) is 9.97 Å². The summed E-state index contributed by atoms with van der Waals surface area (Å²) in [6, 6.07) is 5.20. The zero-order valence-corrected chi connectivity index (χ0v) is 23.2. The SMILES string of the molecule is COc1cc(N=Cc2cnc3nc(NC(=O)C(C)(C)C)nc(NC(=O)C(C)(C)C)c3c2)cc(OC)c1OC. The number of nitrogens with one attached hydrogen (secondary N) is 2. The average molecular weight is 523 g/mol. The molecule has 0 aliphatic heterocycles. The summed E-state index contributed by atoms with van der Waals surface area (Å²) in [5.74, 6) is 1.18. The second-order valence-electron chi connectivity index (χ2n) is 10.6. The third-order valence-electron chi connectivity index (χ3n) is 5.40. The molecule has 0 spiro atoms. The van der Waals surface area contributed by atoms with Gasteiger partial charge >= 0.3 is 0 Å². The van der Waals surface area contributed by atoms with Crippen molar-refractivity contribution in [2.75, 3.05) is 32.0 Å². The van der Waals surface area contributed by atoms with E-state index in [2.05, 4.69) is 30.6 Å². The number of hydrogen-bond acceptors (Lipinski definition) is 9. The van der Waals surface area contributed by atoms with Crippen molar-refractivity contribution < 1.29 is 23.8 Å². The zero-order chi connectivity index (χ0) is 28.3. The van der Waals surface area contributed by atoms with Crippen LogP contribution in [0.1, 0.15) is 47.1 Å². The molecule has 0 unspecified atom stereocenters. The number of amides is 2. The van der Waals surface area contributed by atoms with E-state index >= 15 is 0 Å². The van der Waals surface area contributed by atoms with E-state index in [1.54, 1.807) is 72.2 Å². The van der Waals surface area contributed by atoms with E-state index in [1.807, 2.05) is 0 Å². The highest BCUT2D eigenvalue weighted by atomic mass is 16.5. The smallest absolute Gasteiger partial charge is 0.233 e. The van der Waals surface area contributed by atoms with E-state index < -0.39 is 10.8 Å². The number of hydrogen-bond donors (Lipinski definition) is 2. The molecule has 202 valence electrons. The first-order chi connectivity index (χ1) is 17.8. The Morgan fingerprint density at radius 1 is 0.842 bits per heavy atom. The Balaban J connectivity index is 2.06. The Bertz CT molecular complexity index is 1360. The van der Waals surface area contributed by atoms with Gasteiger partial charge in [0.1, 0.15) is 5.82 Å². The number of carbonyl (C=O) groups is 2. The van der Waals surface area contributed by atoms with Crippen molar-refractivity contribution in [2.24, 2.45) is 15.8 Å². The van der Waals surface area contributed by atoms with Crippen LogP contribution < -0.4 is 24.8 Å². The lowest BCUT2D eigenvalue weighted by molar-refractivity contribution is -0.123. The summed E-state index contributed by atoms with van der Waals surface area (Å²) >= 11 is 0. The van der Waals surface area contributed by atoms with E-state index in [9.17, 15) is 9.59 Å². The van der Waals surface area contributed by atoms with E-state index in [1.165, 1.54) is 21.3 Å². The summed E-state index contributed by atoms with van der Waals surface area (Å²) in [6.45, 7) is 10.7. The largest absolute Gasteiger partial charge is 0.493 e. The van der Waals surface area contributed by atoms with Crippen LogP contribution in [0.2, 0.25) is 0 Å². The molecular formula is C27H34N6O5. The average Bonchev–Trinajstić information content (AvgIpc) is 2.85. The summed E-state index contributed by atoms with van der Waals surface area (Å²) in [6.07, 6.45) is 3.19. The highest BCUT2D eigenvalue weighted by Gasteiger charge is 2.25. The zero-order valence-electron chi connectivity index (χ0n) is 23.2. The highest BCUT2D eigenvalue weighted by Crippen LogP contribution is 2.40. The Kier molecular flexibility index (Phi) is 8.19. The number of carbonyl (C=O) groups excluding carboxylic acids is 2. The van der Waals surface area contributed by atoms with Crippen LogP contribution in [0.3, 0.4) is 0 Å². The summed E-state index contributed by atoms with van der Waals surface area (Å²) < 4.78 is 16.1. The van der Waals surface area contributed by atoms with Gasteiger partial charge in [0, 0.05) is 40.9 Å². The number of ether oxygens (including phenoxy) is 3. The molecule has 3 rings (SSSR count). The first-order valence-electron chi connectivity index (χ1n) is 11.9. The van der Waals surface area contributed by atoms with E-state index in [-0.39, 0.29) is 23.6 Å². The van der Waals surface area contributed by atoms with Crippen molar-refractivity contribution in [3.63, 3.8) is 0 Å². The Morgan fingerprint density at radius 2 is 1.42 bits per heavy atom. The minimum atomic E-state index is -0.676. The second-order valence-corrected chi connectivity index (χ2v) is 10.6.